The van der Waals surface area contributed by atoms with Gasteiger partial charge in [-0.05, 0) is 39.4 Å². The van der Waals surface area contributed by atoms with E-state index in [0.717, 1.165) is 11.1 Å². The Labute approximate surface area is 125 Å². The van der Waals surface area contributed by atoms with Gasteiger partial charge in [-0.1, -0.05) is 44.1 Å². The Bertz CT molecular complexity index is 668. The predicted octanol–water partition coefficient (Wildman–Crippen LogP) is 4.41. The number of nitrogens with zero attached hydrogens (tertiary/aromatic N) is 1. The Morgan fingerprint density at radius 1 is 1.35 bits per heavy atom. The fraction of sp³-hybridized carbons (Fsp3) is 0.333. The van der Waals surface area contributed by atoms with E-state index in [1.807, 2.05) is 19.1 Å². The predicted molar refractivity (Wildman–Crippen MR) is 80.0 cm³/mol. The highest BCUT2D eigenvalue weighted by atomic mass is 79.9. The van der Waals surface area contributed by atoms with Crippen molar-refractivity contribution < 1.29 is 14.4 Å². The average molecular weight is 338 g/mol. The Kier molecular flexibility index (Phi) is 3.73. The molecule has 0 saturated carbocycles. The Hall–Kier alpha value is -1.62. The third-order valence-corrected chi connectivity index (χ3v) is 3.91. The first-order valence-corrected chi connectivity index (χ1v) is 7.01. The molecule has 2 aromatic rings. The highest BCUT2D eigenvalue weighted by Gasteiger charge is 2.22. The number of hydrogen-bond acceptors (Lipinski definition) is 3. The van der Waals surface area contributed by atoms with Crippen molar-refractivity contribution in [2.24, 2.45) is 0 Å². The number of carboxylic acid groups (broad SMARTS) is 1. The van der Waals surface area contributed by atoms with Crippen molar-refractivity contribution >= 4 is 21.9 Å². The number of aromatic nitrogens is 1. The second-order valence-electron chi connectivity index (χ2n) is 5.76. The molecule has 1 aromatic heterocycles. The van der Waals surface area contributed by atoms with Gasteiger partial charge < -0.3 is 9.63 Å². The molecule has 1 N–H and O–H groups in total. The molecule has 0 atom stereocenters. The Morgan fingerprint density at radius 3 is 2.45 bits per heavy atom. The molecule has 5 heteroatoms. The maximum absolute atomic E-state index is 11.0. The number of halogens is 1. The summed E-state index contributed by atoms with van der Waals surface area (Å²) in [7, 11) is 0. The molecule has 0 bridgehead atoms. The van der Waals surface area contributed by atoms with Crippen LogP contribution in [-0.4, -0.2) is 16.2 Å². The van der Waals surface area contributed by atoms with Gasteiger partial charge >= 0.3 is 5.97 Å². The molecule has 20 heavy (non-hydrogen) atoms. The average Bonchev–Trinajstić information content (AvgIpc) is 2.70. The van der Waals surface area contributed by atoms with Gasteiger partial charge in [0.1, 0.15) is 4.47 Å². The smallest absolute Gasteiger partial charge is 0.359 e. The molecule has 0 unspecified atom stereocenters. The van der Waals surface area contributed by atoms with Gasteiger partial charge in [-0.2, -0.15) is 0 Å². The van der Waals surface area contributed by atoms with Gasteiger partial charge in [0.05, 0.1) is 0 Å². The molecular formula is C15H16BrNO3. The largest absolute Gasteiger partial charge is 0.476 e. The summed E-state index contributed by atoms with van der Waals surface area (Å²) < 4.78 is 5.54. The van der Waals surface area contributed by atoms with Crippen LogP contribution in [-0.2, 0) is 5.41 Å². The van der Waals surface area contributed by atoms with E-state index in [1.54, 1.807) is 0 Å². The Balaban J connectivity index is 2.52. The lowest BCUT2D eigenvalue weighted by Crippen LogP contribution is -2.11. The van der Waals surface area contributed by atoms with Crippen LogP contribution in [0.3, 0.4) is 0 Å². The second-order valence-corrected chi connectivity index (χ2v) is 6.55. The minimum absolute atomic E-state index is 0.0637. The zero-order chi connectivity index (χ0) is 15.1. The van der Waals surface area contributed by atoms with Crippen molar-refractivity contribution in [3.8, 4) is 11.3 Å². The van der Waals surface area contributed by atoms with Gasteiger partial charge in [0.15, 0.2) is 5.76 Å². The number of benzene rings is 1. The molecule has 0 amide bonds. The van der Waals surface area contributed by atoms with Crippen molar-refractivity contribution in [3.63, 3.8) is 0 Å². The number of carbonyl (C=O) groups is 1. The van der Waals surface area contributed by atoms with Crippen molar-refractivity contribution in [1.82, 2.24) is 5.16 Å². The van der Waals surface area contributed by atoms with Crippen LogP contribution in [0.1, 0.15) is 42.4 Å². The Morgan fingerprint density at radius 2 is 2.00 bits per heavy atom. The molecule has 0 aliphatic carbocycles. The molecule has 4 nitrogen and oxygen atoms in total. The van der Waals surface area contributed by atoms with Crippen LogP contribution >= 0.6 is 15.9 Å². The SMILES string of the molecule is Cc1cc(C(C)(C)C)ccc1-c1onc(C(=O)O)c1Br. The molecule has 0 aliphatic heterocycles. The van der Waals surface area contributed by atoms with Crippen LogP contribution in [0.15, 0.2) is 27.2 Å². The molecule has 0 aliphatic rings. The van der Waals surface area contributed by atoms with Gasteiger partial charge in [-0.15, -0.1) is 0 Å². The van der Waals surface area contributed by atoms with Crippen molar-refractivity contribution in [2.45, 2.75) is 33.1 Å². The second kappa shape index (κ2) is 5.05. The van der Waals surface area contributed by atoms with Crippen molar-refractivity contribution in [2.75, 3.05) is 0 Å². The van der Waals surface area contributed by atoms with E-state index in [4.69, 9.17) is 9.63 Å². The highest BCUT2D eigenvalue weighted by molar-refractivity contribution is 9.10. The van der Waals surface area contributed by atoms with Gasteiger partial charge in [0.2, 0.25) is 5.69 Å². The van der Waals surface area contributed by atoms with E-state index in [9.17, 15) is 4.79 Å². The van der Waals surface area contributed by atoms with Crippen LogP contribution in [0.4, 0.5) is 0 Å². The summed E-state index contributed by atoms with van der Waals surface area (Å²) in [5.74, 6) is -0.670. The first kappa shape index (κ1) is 14.8. The van der Waals surface area contributed by atoms with Gasteiger partial charge in [0, 0.05) is 5.56 Å². The molecule has 0 fully saturated rings. The zero-order valence-corrected chi connectivity index (χ0v) is 13.4. The summed E-state index contributed by atoms with van der Waals surface area (Å²) in [6.45, 7) is 8.41. The summed E-state index contributed by atoms with van der Waals surface area (Å²) in [4.78, 5) is 11.0. The monoisotopic (exact) mass is 337 g/mol. The van der Waals surface area contributed by atoms with Gasteiger partial charge in [-0.3, -0.25) is 0 Å². The summed E-state index contributed by atoms with van der Waals surface area (Å²) in [6.07, 6.45) is 0. The molecule has 106 valence electrons. The number of aryl methyl sites for hydroxylation is 1. The van der Waals surface area contributed by atoms with E-state index in [0.29, 0.717) is 10.2 Å². The number of carboxylic acids is 1. The molecule has 0 radical (unpaired) electrons. The lowest BCUT2D eigenvalue weighted by Gasteiger charge is -2.20. The van der Waals surface area contributed by atoms with Crippen LogP contribution in [0, 0.1) is 6.92 Å². The van der Waals surface area contributed by atoms with E-state index < -0.39 is 5.97 Å². The summed E-state index contributed by atoms with van der Waals surface area (Å²) in [5, 5.41) is 12.6. The number of hydrogen-bond donors (Lipinski definition) is 1. The van der Waals surface area contributed by atoms with E-state index in [-0.39, 0.29) is 11.1 Å². The van der Waals surface area contributed by atoms with Gasteiger partial charge in [-0.25, -0.2) is 4.79 Å². The molecular weight excluding hydrogens is 322 g/mol. The van der Waals surface area contributed by atoms with E-state index >= 15 is 0 Å². The van der Waals surface area contributed by atoms with E-state index in [1.165, 1.54) is 5.56 Å². The fourth-order valence-corrected chi connectivity index (χ4v) is 2.49. The van der Waals surface area contributed by atoms with Crippen LogP contribution < -0.4 is 0 Å². The molecule has 1 heterocycles. The van der Waals surface area contributed by atoms with E-state index in [2.05, 4.69) is 47.9 Å². The fourth-order valence-electron chi connectivity index (χ4n) is 1.96. The van der Waals surface area contributed by atoms with Gasteiger partial charge in [0.25, 0.3) is 0 Å². The molecule has 0 saturated heterocycles. The quantitative estimate of drug-likeness (QED) is 0.881. The minimum atomic E-state index is -1.11. The summed E-state index contributed by atoms with van der Waals surface area (Å²) in [6, 6.07) is 6.05. The lowest BCUT2D eigenvalue weighted by atomic mass is 9.85. The maximum atomic E-state index is 11.0. The number of aromatic carboxylic acids is 1. The van der Waals surface area contributed by atoms with Crippen LogP contribution in [0.2, 0.25) is 0 Å². The third kappa shape index (κ3) is 2.63. The van der Waals surface area contributed by atoms with Crippen LogP contribution in [0.5, 0.6) is 0 Å². The zero-order valence-electron chi connectivity index (χ0n) is 11.8. The number of rotatable bonds is 2. The summed E-state index contributed by atoms with van der Waals surface area (Å²) in [5.41, 5.74) is 3.02. The maximum Gasteiger partial charge on any atom is 0.359 e. The highest BCUT2D eigenvalue weighted by Crippen LogP contribution is 2.35. The standard InChI is InChI=1S/C15H16BrNO3/c1-8-7-9(15(2,3)4)5-6-10(8)13-11(16)12(14(18)19)17-20-13/h5-7H,1-4H3,(H,18,19). The summed E-state index contributed by atoms with van der Waals surface area (Å²) >= 11 is 3.24. The topological polar surface area (TPSA) is 63.3 Å². The lowest BCUT2D eigenvalue weighted by molar-refractivity contribution is 0.0685. The molecule has 2 rings (SSSR count). The third-order valence-electron chi connectivity index (χ3n) is 3.18. The molecule has 0 spiro atoms. The normalized spacial score (nSPS) is 11.7. The first-order chi connectivity index (χ1) is 9.21. The first-order valence-electron chi connectivity index (χ1n) is 6.22. The molecule has 1 aromatic carbocycles. The minimum Gasteiger partial charge on any atom is -0.476 e. The van der Waals surface area contributed by atoms with Crippen LogP contribution in [0.25, 0.3) is 11.3 Å². The van der Waals surface area contributed by atoms with Crippen molar-refractivity contribution in [1.29, 1.82) is 0 Å². The van der Waals surface area contributed by atoms with Crippen molar-refractivity contribution in [3.05, 3.63) is 39.5 Å².